The van der Waals surface area contributed by atoms with Gasteiger partial charge in [-0.2, -0.15) is 0 Å². The van der Waals surface area contributed by atoms with E-state index < -0.39 is 0 Å². The third kappa shape index (κ3) is 2.93. The van der Waals surface area contributed by atoms with Crippen molar-refractivity contribution in [3.05, 3.63) is 23.8 Å². The number of fused-ring (bicyclic) bond motifs is 1. The van der Waals surface area contributed by atoms with Gasteiger partial charge in [0.25, 0.3) is 0 Å². The van der Waals surface area contributed by atoms with E-state index in [0.717, 1.165) is 30.8 Å². The van der Waals surface area contributed by atoms with Crippen molar-refractivity contribution in [2.24, 2.45) is 5.92 Å². The number of benzene rings is 1. The lowest BCUT2D eigenvalue weighted by Crippen LogP contribution is -2.37. The lowest BCUT2D eigenvalue weighted by molar-refractivity contribution is 0.0417. The zero-order valence-electron chi connectivity index (χ0n) is 11.1. The number of nitrogens with one attached hydrogen (secondary N) is 1. The van der Waals surface area contributed by atoms with Crippen LogP contribution in [0, 0.1) is 5.92 Å². The Morgan fingerprint density at radius 3 is 3.11 bits per heavy atom. The SMILES string of the molecule is CC(NCc1ccc2nonc2c1)C1CCCOC1. The van der Waals surface area contributed by atoms with Gasteiger partial charge < -0.3 is 10.1 Å². The Balaban J connectivity index is 1.58. The molecule has 0 radical (unpaired) electrons. The molecular formula is C14H19N3O2. The van der Waals surface area contributed by atoms with Gasteiger partial charge in [-0.15, -0.1) is 0 Å². The first-order valence-corrected chi connectivity index (χ1v) is 6.85. The Labute approximate surface area is 112 Å². The van der Waals surface area contributed by atoms with Gasteiger partial charge >= 0.3 is 0 Å². The maximum atomic E-state index is 5.53. The molecule has 5 nitrogen and oxygen atoms in total. The highest BCUT2D eigenvalue weighted by Crippen LogP contribution is 2.18. The van der Waals surface area contributed by atoms with Crippen LogP contribution in [0.25, 0.3) is 11.0 Å². The number of hydrogen-bond donors (Lipinski definition) is 1. The van der Waals surface area contributed by atoms with Gasteiger partial charge in [0.2, 0.25) is 0 Å². The van der Waals surface area contributed by atoms with E-state index in [4.69, 9.17) is 9.37 Å². The van der Waals surface area contributed by atoms with Crippen molar-refractivity contribution in [3.63, 3.8) is 0 Å². The average molecular weight is 261 g/mol. The summed E-state index contributed by atoms with van der Waals surface area (Å²) in [5.74, 6) is 0.617. The summed E-state index contributed by atoms with van der Waals surface area (Å²) < 4.78 is 10.2. The fourth-order valence-electron chi connectivity index (χ4n) is 2.54. The van der Waals surface area contributed by atoms with Gasteiger partial charge in [0, 0.05) is 19.2 Å². The number of hydrogen-bond acceptors (Lipinski definition) is 5. The summed E-state index contributed by atoms with van der Waals surface area (Å²) in [4.78, 5) is 0. The van der Waals surface area contributed by atoms with Crippen LogP contribution in [0.1, 0.15) is 25.3 Å². The molecule has 1 aromatic heterocycles. The highest BCUT2D eigenvalue weighted by atomic mass is 16.6. The standard InChI is InChI=1S/C14H19N3O2/c1-10(12-3-2-6-18-9-12)15-8-11-4-5-13-14(7-11)17-19-16-13/h4-5,7,10,12,15H,2-3,6,8-9H2,1H3. The molecule has 5 heteroatoms. The summed E-state index contributed by atoms with van der Waals surface area (Å²) in [5.41, 5.74) is 2.82. The first-order chi connectivity index (χ1) is 9.33. The molecule has 1 fully saturated rings. The van der Waals surface area contributed by atoms with E-state index in [2.05, 4.69) is 28.6 Å². The minimum Gasteiger partial charge on any atom is -0.381 e. The summed E-state index contributed by atoms with van der Waals surface area (Å²) in [6, 6.07) is 6.48. The molecule has 0 spiro atoms. The highest BCUT2D eigenvalue weighted by molar-refractivity contribution is 5.73. The molecule has 0 aliphatic carbocycles. The Bertz CT molecular complexity index is 534. The van der Waals surface area contributed by atoms with Crippen molar-refractivity contribution >= 4 is 11.0 Å². The van der Waals surface area contributed by atoms with Crippen LogP contribution in [0.4, 0.5) is 0 Å². The van der Waals surface area contributed by atoms with E-state index >= 15 is 0 Å². The molecule has 2 heterocycles. The second kappa shape index (κ2) is 5.67. The van der Waals surface area contributed by atoms with Crippen molar-refractivity contribution in [1.29, 1.82) is 0 Å². The van der Waals surface area contributed by atoms with Crippen LogP contribution in [-0.4, -0.2) is 29.6 Å². The third-order valence-corrected chi connectivity index (χ3v) is 3.85. The zero-order chi connectivity index (χ0) is 13.1. The van der Waals surface area contributed by atoms with E-state index in [0.29, 0.717) is 12.0 Å². The summed E-state index contributed by atoms with van der Waals surface area (Å²) in [5, 5.41) is 11.2. The van der Waals surface area contributed by atoms with Crippen LogP contribution in [0.15, 0.2) is 22.8 Å². The van der Waals surface area contributed by atoms with Crippen molar-refractivity contribution in [2.45, 2.75) is 32.4 Å². The Morgan fingerprint density at radius 1 is 1.37 bits per heavy atom. The Hall–Kier alpha value is -1.46. The minimum absolute atomic E-state index is 0.464. The van der Waals surface area contributed by atoms with Gasteiger partial charge in [-0.3, -0.25) is 0 Å². The lowest BCUT2D eigenvalue weighted by atomic mass is 9.95. The second-order valence-electron chi connectivity index (χ2n) is 5.23. The molecule has 3 rings (SSSR count). The van der Waals surface area contributed by atoms with E-state index in [1.54, 1.807) is 0 Å². The van der Waals surface area contributed by atoms with Crippen LogP contribution >= 0.6 is 0 Å². The van der Waals surface area contributed by atoms with E-state index in [-0.39, 0.29) is 0 Å². The van der Waals surface area contributed by atoms with E-state index in [1.165, 1.54) is 18.4 Å². The largest absolute Gasteiger partial charge is 0.381 e. The second-order valence-corrected chi connectivity index (χ2v) is 5.23. The van der Waals surface area contributed by atoms with Gasteiger partial charge in [0.1, 0.15) is 11.0 Å². The van der Waals surface area contributed by atoms with Crippen LogP contribution in [-0.2, 0) is 11.3 Å². The van der Waals surface area contributed by atoms with Crippen LogP contribution in [0.3, 0.4) is 0 Å². The lowest BCUT2D eigenvalue weighted by Gasteiger charge is -2.28. The molecule has 0 bridgehead atoms. The summed E-state index contributed by atoms with van der Waals surface area (Å²) >= 11 is 0. The van der Waals surface area contributed by atoms with Gasteiger partial charge in [-0.1, -0.05) is 6.07 Å². The number of nitrogens with zero attached hydrogens (tertiary/aromatic N) is 2. The molecular weight excluding hydrogens is 242 g/mol. The third-order valence-electron chi connectivity index (χ3n) is 3.85. The number of ether oxygens (including phenoxy) is 1. The molecule has 2 atom stereocenters. The van der Waals surface area contributed by atoms with Crippen molar-refractivity contribution in [2.75, 3.05) is 13.2 Å². The maximum absolute atomic E-state index is 5.53. The minimum atomic E-state index is 0.464. The Morgan fingerprint density at radius 2 is 2.26 bits per heavy atom. The van der Waals surface area contributed by atoms with Crippen molar-refractivity contribution in [1.82, 2.24) is 15.6 Å². The number of aromatic nitrogens is 2. The van der Waals surface area contributed by atoms with Gasteiger partial charge in [-0.25, -0.2) is 4.63 Å². The van der Waals surface area contributed by atoms with Crippen LogP contribution in [0.2, 0.25) is 0 Å². The van der Waals surface area contributed by atoms with Crippen LogP contribution < -0.4 is 5.32 Å². The zero-order valence-corrected chi connectivity index (χ0v) is 11.1. The number of rotatable bonds is 4. The molecule has 19 heavy (non-hydrogen) atoms. The predicted octanol–water partition coefficient (Wildman–Crippen LogP) is 2.13. The molecule has 1 aliphatic rings. The summed E-state index contributed by atoms with van der Waals surface area (Å²) in [6.07, 6.45) is 2.42. The van der Waals surface area contributed by atoms with Gasteiger partial charge in [0.15, 0.2) is 0 Å². The average Bonchev–Trinajstić information content (AvgIpc) is 2.93. The highest BCUT2D eigenvalue weighted by Gasteiger charge is 2.20. The smallest absolute Gasteiger partial charge is 0.135 e. The fourth-order valence-corrected chi connectivity index (χ4v) is 2.54. The molecule has 102 valence electrons. The molecule has 1 aromatic carbocycles. The monoisotopic (exact) mass is 261 g/mol. The molecule has 1 aliphatic heterocycles. The maximum Gasteiger partial charge on any atom is 0.135 e. The van der Waals surface area contributed by atoms with Crippen LogP contribution in [0.5, 0.6) is 0 Å². The first-order valence-electron chi connectivity index (χ1n) is 6.85. The summed E-state index contributed by atoms with van der Waals surface area (Å²) in [6.45, 7) is 4.86. The summed E-state index contributed by atoms with van der Waals surface area (Å²) in [7, 11) is 0. The Kier molecular flexibility index (Phi) is 3.75. The topological polar surface area (TPSA) is 60.2 Å². The van der Waals surface area contributed by atoms with Gasteiger partial charge in [0.05, 0.1) is 6.61 Å². The molecule has 0 saturated carbocycles. The predicted molar refractivity (Wildman–Crippen MR) is 71.6 cm³/mol. The van der Waals surface area contributed by atoms with Gasteiger partial charge in [-0.05, 0) is 53.7 Å². The molecule has 0 amide bonds. The van der Waals surface area contributed by atoms with E-state index in [1.807, 2.05) is 12.1 Å². The van der Waals surface area contributed by atoms with Crippen molar-refractivity contribution in [3.8, 4) is 0 Å². The molecule has 1 saturated heterocycles. The first kappa shape index (κ1) is 12.6. The fraction of sp³-hybridized carbons (Fsp3) is 0.571. The van der Waals surface area contributed by atoms with E-state index in [9.17, 15) is 0 Å². The van der Waals surface area contributed by atoms with Crippen molar-refractivity contribution < 1.29 is 9.37 Å². The molecule has 2 aromatic rings. The quantitative estimate of drug-likeness (QED) is 0.913. The normalized spacial score (nSPS) is 21.6. The molecule has 1 N–H and O–H groups in total. The molecule has 2 unspecified atom stereocenters.